The number of fused-ring (bicyclic) bond motifs is 1. The summed E-state index contributed by atoms with van der Waals surface area (Å²) in [5.74, 6) is -0.655. The van der Waals surface area contributed by atoms with Crippen LogP contribution in [-0.4, -0.2) is 46.0 Å². The van der Waals surface area contributed by atoms with Crippen LogP contribution in [0.3, 0.4) is 0 Å². The minimum Gasteiger partial charge on any atom is -0.494 e. The molecule has 3 aromatic heterocycles. The molecule has 2 aromatic carbocycles. The van der Waals surface area contributed by atoms with Gasteiger partial charge in [-0.2, -0.15) is 0 Å². The SMILES string of the molecule is NCCS(=O)(=O)C(c1nnc(Cc2sc(=O)[nH]c2O)o1)c1nc2ccc(-c3ccccc3)cc2s1. The van der Waals surface area contributed by atoms with Crippen molar-refractivity contribution in [1.82, 2.24) is 20.2 Å². The highest BCUT2D eigenvalue weighted by atomic mass is 32.2. The fourth-order valence-electron chi connectivity index (χ4n) is 3.61. The number of benzene rings is 2. The molecular weight excluding hydrogens is 510 g/mol. The Hall–Kier alpha value is -3.39. The Bertz CT molecular complexity index is 1650. The molecule has 180 valence electrons. The molecule has 0 saturated carbocycles. The van der Waals surface area contributed by atoms with E-state index in [-0.39, 0.29) is 36.4 Å². The zero-order valence-electron chi connectivity index (χ0n) is 18.0. The van der Waals surface area contributed by atoms with Gasteiger partial charge in [0.05, 0.1) is 27.3 Å². The summed E-state index contributed by atoms with van der Waals surface area (Å²) in [6, 6.07) is 15.6. The van der Waals surface area contributed by atoms with Crippen LogP contribution in [0.1, 0.15) is 26.9 Å². The molecule has 5 aromatic rings. The minimum atomic E-state index is -3.83. The maximum atomic E-state index is 13.2. The van der Waals surface area contributed by atoms with Crippen LogP contribution < -0.4 is 10.6 Å². The summed E-state index contributed by atoms with van der Waals surface area (Å²) in [6.07, 6.45) is -0.0217. The fourth-order valence-corrected chi connectivity index (χ4v) is 7.22. The molecule has 0 spiro atoms. The van der Waals surface area contributed by atoms with Crippen LogP contribution in [-0.2, 0) is 16.3 Å². The van der Waals surface area contributed by atoms with E-state index in [1.807, 2.05) is 48.5 Å². The molecule has 0 saturated heterocycles. The second-order valence-electron chi connectivity index (χ2n) is 7.63. The smallest absolute Gasteiger partial charge is 0.307 e. The van der Waals surface area contributed by atoms with Gasteiger partial charge >= 0.3 is 4.87 Å². The van der Waals surface area contributed by atoms with E-state index < -0.39 is 20.0 Å². The summed E-state index contributed by atoms with van der Waals surface area (Å²) >= 11 is 2.04. The van der Waals surface area contributed by atoms with Gasteiger partial charge in [0, 0.05) is 6.54 Å². The minimum absolute atomic E-state index is 0.0217. The maximum Gasteiger partial charge on any atom is 0.307 e. The van der Waals surface area contributed by atoms with Crippen molar-refractivity contribution in [3.8, 4) is 17.0 Å². The normalized spacial score (nSPS) is 12.8. The second kappa shape index (κ2) is 9.34. The third-order valence-electron chi connectivity index (χ3n) is 5.22. The Labute approximate surface area is 207 Å². The van der Waals surface area contributed by atoms with Crippen molar-refractivity contribution in [2.75, 3.05) is 12.3 Å². The van der Waals surface area contributed by atoms with Crippen molar-refractivity contribution in [3.05, 3.63) is 79.9 Å². The number of hydrogen-bond acceptors (Lipinski definition) is 11. The Morgan fingerprint density at radius 3 is 2.60 bits per heavy atom. The lowest BCUT2D eigenvalue weighted by atomic mass is 10.1. The van der Waals surface area contributed by atoms with Gasteiger partial charge in [0.25, 0.3) is 0 Å². The zero-order valence-corrected chi connectivity index (χ0v) is 20.5. The van der Waals surface area contributed by atoms with Crippen LogP contribution in [0.25, 0.3) is 21.3 Å². The molecule has 1 unspecified atom stereocenters. The van der Waals surface area contributed by atoms with Crippen LogP contribution in [0.5, 0.6) is 5.88 Å². The van der Waals surface area contributed by atoms with Crippen LogP contribution in [0, 0.1) is 0 Å². The third kappa shape index (κ3) is 4.75. The molecular formula is C22H19N5O5S3. The number of aromatic nitrogens is 4. The van der Waals surface area contributed by atoms with E-state index in [9.17, 15) is 18.3 Å². The molecule has 13 heteroatoms. The number of aromatic amines is 1. The molecule has 0 amide bonds. The number of nitrogens with zero attached hydrogens (tertiary/aromatic N) is 3. The van der Waals surface area contributed by atoms with Crippen molar-refractivity contribution >= 4 is 42.7 Å². The molecule has 1 atom stereocenters. The van der Waals surface area contributed by atoms with Crippen molar-refractivity contribution in [1.29, 1.82) is 0 Å². The topological polar surface area (TPSA) is 165 Å². The van der Waals surface area contributed by atoms with Crippen LogP contribution in [0.2, 0.25) is 0 Å². The Morgan fingerprint density at radius 2 is 1.89 bits per heavy atom. The third-order valence-corrected chi connectivity index (χ3v) is 9.27. The quantitative estimate of drug-likeness (QED) is 0.274. The first-order chi connectivity index (χ1) is 16.8. The van der Waals surface area contributed by atoms with E-state index in [0.717, 1.165) is 27.2 Å². The molecule has 0 aliphatic carbocycles. The van der Waals surface area contributed by atoms with Gasteiger partial charge in [0.2, 0.25) is 17.7 Å². The van der Waals surface area contributed by atoms with E-state index in [0.29, 0.717) is 15.4 Å². The van der Waals surface area contributed by atoms with Crippen molar-refractivity contribution in [2.24, 2.45) is 5.73 Å². The predicted molar refractivity (Wildman–Crippen MR) is 133 cm³/mol. The largest absolute Gasteiger partial charge is 0.494 e. The Kier molecular flexibility index (Phi) is 6.23. The molecule has 3 heterocycles. The highest BCUT2D eigenvalue weighted by molar-refractivity contribution is 7.92. The fraction of sp³-hybridized carbons (Fsp3) is 0.182. The molecule has 0 bridgehead atoms. The van der Waals surface area contributed by atoms with Crippen LogP contribution in [0.15, 0.2) is 57.7 Å². The van der Waals surface area contributed by atoms with Gasteiger partial charge in [0.1, 0.15) is 5.01 Å². The molecule has 10 nitrogen and oxygen atoms in total. The van der Waals surface area contributed by atoms with E-state index in [4.69, 9.17) is 10.2 Å². The molecule has 5 rings (SSSR count). The molecule has 0 aliphatic rings. The lowest BCUT2D eigenvalue weighted by Gasteiger charge is -2.10. The number of aromatic hydroxyl groups is 1. The number of nitrogens with two attached hydrogens (primary N) is 1. The van der Waals surface area contributed by atoms with E-state index in [2.05, 4.69) is 20.2 Å². The molecule has 0 radical (unpaired) electrons. The lowest BCUT2D eigenvalue weighted by Crippen LogP contribution is -2.23. The first-order valence-corrected chi connectivity index (χ1v) is 13.8. The van der Waals surface area contributed by atoms with Gasteiger partial charge in [-0.3, -0.25) is 9.78 Å². The summed E-state index contributed by atoms with van der Waals surface area (Å²) in [5, 5.41) is 16.7. The van der Waals surface area contributed by atoms with Gasteiger partial charge in [-0.05, 0) is 23.3 Å². The van der Waals surface area contributed by atoms with Crippen molar-refractivity contribution in [3.63, 3.8) is 0 Å². The molecule has 4 N–H and O–H groups in total. The summed E-state index contributed by atoms with van der Waals surface area (Å²) in [6.45, 7) is -0.0753. The number of rotatable bonds is 8. The standard InChI is InChI=1S/C22H19N5O5S3/c23-8-9-35(30,31)18(20-27-26-17(32-20)11-16-19(28)25-22(29)34-16)21-24-14-7-6-13(10-15(14)33-21)12-4-2-1-3-5-12/h1-7,10,18,28H,8-9,11,23H2,(H,25,29). The van der Waals surface area contributed by atoms with E-state index in [1.165, 1.54) is 11.3 Å². The summed E-state index contributed by atoms with van der Waals surface area (Å²) in [4.78, 5) is 18.2. The number of sulfone groups is 1. The zero-order chi connectivity index (χ0) is 24.6. The summed E-state index contributed by atoms with van der Waals surface area (Å²) in [7, 11) is -3.83. The highest BCUT2D eigenvalue weighted by Gasteiger charge is 2.36. The van der Waals surface area contributed by atoms with Gasteiger partial charge in [-0.1, -0.05) is 47.7 Å². The second-order valence-corrected chi connectivity index (χ2v) is 12.0. The van der Waals surface area contributed by atoms with Gasteiger partial charge in [-0.25, -0.2) is 13.4 Å². The predicted octanol–water partition coefficient (Wildman–Crippen LogP) is 2.86. The highest BCUT2D eigenvalue weighted by Crippen LogP contribution is 2.37. The summed E-state index contributed by atoms with van der Waals surface area (Å²) < 4.78 is 32.9. The molecule has 0 aliphatic heterocycles. The van der Waals surface area contributed by atoms with Crippen molar-refractivity contribution < 1.29 is 17.9 Å². The Balaban J connectivity index is 1.54. The first-order valence-electron chi connectivity index (χ1n) is 10.4. The monoisotopic (exact) mass is 529 g/mol. The van der Waals surface area contributed by atoms with Gasteiger partial charge < -0.3 is 15.3 Å². The van der Waals surface area contributed by atoms with Crippen molar-refractivity contribution in [2.45, 2.75) is 11.7 Å². The maximum absolute atomic E-state index is 13.2. The molecule has 35 heavy (non-hydrogen) atoms. The van der Waals surface area contributed by atoms with Gasteiger partial charge in [-0.15, -0.1) is 21.5 Å². The average Bonchev–Trinajstić information content (AvgIpc) is 3.53. The summed E-state index contributed by atoms with van der Waals surface area (Å²) in [5.41, 5.74) is 8.25. The first kappa shape index (κ1) is 23.4. The van der Waals surface area contributed by atoms with Gasteiger partial charge in [0.15, 0.2) is 15.1 Å². The van der Waals surface area contributed by atoms with Crippen LogP contribution in [0.4, 0.5) is 0 Å². The number of nitrogens with one attached hydrogen (secondary N) is 1. The number of thiazole rings is 2. The van der Waals surface area contributed by atoms with E-state index in [1.54, 1.807) is 0 Å². The number of H-pyrrole nitrogens is 1. The lowest BCUT2D eigenvalue weighted by molar-refractivity contribution is 0.438. The number of hydrogen-bond donors (Lipinski definition) is 3. The average molecular weight is 530 g/mol. The van der Waals surface area contributed by atoms with E-state index >= 15 is 0 Å². The molecule has 0 fully saturated rings. The van der Waals surface area contributed by atoms with Crippen LogP contribution >= 0.6 is 22.7 Å². The Morgan fingerprint density at radius 1 is 1.09 bits per heavy atom.